The maximum absolute atomic E-state index is 13.5. The number of alkyl halides is 3. The van der Waals surface area contributed by atoms with E-state index in [0.717, 1.165) is 16.1 Å². The van der Waals surface area contributed by atoms with Gasteiger partial charge in [-0.25, -0.2) is 14.3 Å². The molecule has 1 aliphatic rings. The Hall–Kier alpha value is -3.63. The summed E-state index contributed by atoms with van der Waals surface area (Å²) in [5.74, 6) is -0.528. The van der Waals surface area contributed by atoms with Crippen LogP contribution in [0.4, 0.5) is 18.0 Å². The number of halogens is 3. The van der Waals surface area contributed by atoms with Crippen LogP contribution in [0, 0.1) is 0 Å². The highest BCUT2D eigenvalue weighted by molar-refractivity contribution is 5.85. The molecule has 0 radical (unpaired) electrons. The number of carbonyl (C=O) groups excluding carboxylic acids is 2. The van der Waals surface area contributed by atoms with Crippen molar-refractivity contribution >= 4 is 17.6 Å². The van der Waals surface area contributed by atoms with Gasteiger partial charge >= 0.3 is 12.3 Å². The Morgan fingerprint density at radius 1 is 1.23 bits per heavy atom. The number of hydrogen-bond acceptors (Lipinski definition) is 5. The van der Waals surface area contributed by atoms with E-state index >= 15 is 0 Å². The van der Waals surface area contributed by atoms with Crippen molar-refractivity contribution in [3.63, 3.8) is 0 Å². The first-order chi connectivity index (χ1) is 16.7. The van der Waals surface area contributed by atoms with Gasteiger partial charge in [-0.1, -0.05) is 37.3 Å². The van der Waals surface area contributed by atoms with Gasteiger partial charge in [-0.05, 0) is 31.4 Å². The molecule has 1 aromatic carbocycles. The van der Waals surface area contributed by atoms with Gasteiger partial charge in [-0.2, -0.15) is 18.3 Å². The second-order valence-electron chi connectivity index (χ2n) is 8.52. The molecule has 0 aliphatic carbocycles. The number of aryl methyl sites for hydroxylation is 1. The first-order valence-corrected chi connectivity index (χ1v) is 11.4. The van der Waals surface area contributed by atoms with E-state index in [1.54, 1.807) is 24.8 Å². The molecule has 1 N–H and O–H groups in total. The van der Waals surface area contributed by atoms with Crippen molar-refractivity contribution in [1.29, 1.82) is 0 Å². The fourth-order valence-electron chi connectivity index (χ4n) is 4.11. The number of nitrogens with one attached hydrogen (secondary N) is 1. The number of aromatic nitrogens is 3. The van der Waals surface area contributed by atoms with Crippen LogP contribution in [0.1, 0.15) is 48.8 Å². The third kappa shape index (κ3) is 5.55. The average molecular weight is 489 g/mol. The first kappa shape index (κ1) is 24.5. The Morgan fingerprint density at radius 2 is 1.97 bits per heavy atom. The van der Waals surface area contributed by atoms with Crippen LogP contribution >= 0.6 is 0 Å². The molecule has 0 unspecified atom stereocenters. The summed E-state index contributed by atoms with van der Waals surface area (Å²) in [5, 5.41) is 6.72. The van der Waals surface area contributed by atoms with Crippen LogP contribution in [0.3, 0.4) is 0 Å². The monoisotopic (exact) mass is 489 g/mol. The highest BCUT2D eigenvalue weighted by Gasteiger charge is 2.36. The topological polar surface area (TPSA) is 88.8 Å². The molecule has 1 fully saturated rings. The van der Waals surface area contributed by atoms with E-state index < -0.39 is 24.0 Å². The zero-order chi connectivity index (χ0) is 25.2. The molecule has 0 bridgehead atoms. The fourth-order valence-corrected chi connectivity index (χ4v) is 4.11. The molecule has 1 aliphatic heterocycles. The maximum atomic E-state index is 13.5. The molecule has 4 rings (SSSR count). The summed E-state index contributed by atoms with van der Waals surface area (Å²) in [7, 11) is 0. The number of hydrogen-bond donors (Lipinski definition) is 1. The molecule has 3 heterocycles. The van der Waals surface area contributed by atoms with E-state index in [1.807, 2.05) is 30.3 Å². The third-order valence-corrected chi connectivity index (χ3v) is 5.99. The molecule has 3 aromatic rings. The molecule has 1 saturated heterocycles. The van der Waals surface area contributed by atoms with Crippen molar-refractivity contribution in [3.8, 4) is 0 Å². The fraction of sp³-hybridized carbons (Fsp3) is 0.417. The summed E-state index contributed by atoms with van der Waals surface area (Å²) in [6, 6.07) is 10.9. The van der Waals surface area contributed by atoms with Gasteiger partial charge in [0, 0.05) is 30.8 Å². The van der Waals surface area contributed by atoms with E-state index in [9.17, 15) is 22.8 Å². The quantitative estimate of drug-likeness (QED) is 0.567. The molecule has 2 amide bonds. The van der Waals surface area contributed by atoms with Crippen molar-refractivity contribution in [1.82, 2.24) is 24.8 Å². The SMILES string of the molecule is CCc1cc(C(F)(F)F)n2nc([C@H]3CCN(C(=O)[C@H](C)NC(=O)OCc4ccccc4)C3)cc2n1. The van der Waals surface area contributed by atoms with Gasteiger partial charge < -0.3 is 15.0 Å². The maximum Gasteiger partial charge on any atom is 0.433 e. The summed E-state index contributed by atoms with van der Waals surface area (Å²) in [6.07, 6.45) is -4.36. The smallest absolute Gasteiger partial charge is 0.433 e. The lowest BCUT2D eigenvalue weighted by molar-refractivity contribution is -0.142. The Labute approximate surface area is 200 Å². The number of carbonyl (C=O) groups is 2. The van der Waals surface area contributed by atoms with Crippen LogP contribution in [0.25, 0.3) is 5.65 Å². The van der Waals surface area contributed by atoms with Gasteiger partial charge in [0.05, 0.1) is 5.69 Å². The van der Waals surface area contributed by atoms with Gasteiger partial charge in [0.15, 0.2) is 5.65 Å². The zero-order valence-electron chi connectivity index (χ0n) is 19.4. The minimum Gasteiger partial charge on any atom is -0.445 e. The lowest BCUT2D eigenvalue weighted by Gasteiger charge is -2.21. The predicted octanol–water partition coefficient (Wildman–Crippen LogP) is 3.94. The summed E-state index contributed by atoms with van der Waals surface area (Å²) in [6.45, 7) is 4.08. The van der Waals surface area contributed by atoms with Gasteiger partial charge in [0.2, 0.25) is 5.91 Å². The minimum absolute atomic E-state index is 0.0843. The summed E-state index contributed by atoms with van der Waals surface area (Å²) >= 11 is 0. The van der Waals surface area contributed by atoms with Crippen LogP contribution in [0.2, 0.25) is 0 Å². The minimum atomic E-state index is -4.57. The van der Waals surface area contributed by atoms with Crippen LogP contribution in [-0.2, 0) is 28.7 Å². The highest BCUT2D eigenvalue weighted by Crippen LogP contribution is 2.32. The van der Waals surface area contributed by atoms with Crippen LogP contribution < -0.4 is 5.32 Å². The Kier molecular flexibility index (Phi) is 6.95. The van der Waals surface area contributed by atoms with Gasteiger partial charge in [0.25, 0.3) is 0 Å². The van der Waals surface area contributed by atoms with E-state index in [2.05, 4.69) is 15.4 Å². The van der Waals surface area contributed by atoms with Crippen LogP contribution in [0.5, 0.6) is 0 Å². The van der Waals surface area contributed by atoms with E-state index in [1.165, 1.54) is 0 Å². The molecular formula is C24H26F3N5O3. The first-order valence-electron chi connectivity index (χ1n) is 11.4. The largest absolute Gasteiger partial charge is 0.445 e. The van der Waals surface area contributed by atoms with Crippen molar-refractivity contribution in [2.45, 2.75) is 51.4 Å². The number of nitrogens with zero attached hydrogens (tertiary/aromatic N) is 4. The van der Waals surface area contributed by atoms with Crippen molar-refractivity contribution in [2.24, 2.45) is 0 Å². The summed E-state index contributed by atoms with van der Waals surface area (Å²) in [5.41, 5.74) is 0.870. The normalized spacial score (nSPS) is 16.9. The number of fused-ring (bicyclic) bond motifs is 1. The Balaban J connectivity index is 1.39. The Bertz CT molecular complexity index is 1210. The summed E-state index contributed by atoms with van der Waals surface area (Å²) in [4.78, 5) is 30.8. The molecule has 186 valence electrons. The van der Waals surface area contributed by atoms with Crippen molar-refractivity contribution in [3.05, 3.63) is 65.1 Å². The molecule has 0 saturated carbocycles. The van der Waals surface area contributed by atoms with Gasteiger partial charge in [-0.3, -0.25) is 4.79 Å². The van der Waals surface area contributed by atoms with E-state index in [4.69, 9.17) is 4.74 Å². The van der Waals surface area contributed by atoms with Crippen LogP contribution in [0.15, 0.2) is 42.5 Å². The van der Waals surface area contributed by atoms with Crippen molar-refractivity contribution in [2.75, 3.05) is 13.1 Å². The van der Waals surface area contributed by atoms with Gasteiger partial charge in [-0.15, -0.1) is 0 Å². The van der Waals surface area contributed by atoms with Crippen LogP contribution in [-0.4, -0.2) is 50.6 Å². The Morgan fingerprint density at radius 3 is 2.66 bits per heavy atom. The number of rotatable bonds is 6. The molecule has 35 heavy (non-hydrogen) atoms. The molecule has 0 spiro atoms. The number of amides is 2. The van der Waals surface area contributed by atoms with E-state index in [0.29, 0.717) is 30.8 Å². The number of likely N-dealkylation sites (tertiary alicyclic amines) is 1. The second-order valence-corrected chi connectivity index (χ2v) is 8.52. The molecule has 8 nitrogen and oxygen atoms in total. The lowest BCUT2D eigenvalue weighted by atomic mass is 10.1. The number of ether oxygens (including phenoxy) is 1. The third-order valence-electron chi connectivity index (χ3n) is 5.99. The van der Waals surface area contributed by atoms with Gasteiger partial charge in [0.1, 0.15) is 18.3 Å². The summed E-state index contributed by atoms with van der Waals surface area (Å²) < 4.78 is 46.6. The lowest BCUT2D eigenvalue weighted by Crippen LogP contribution is -2.46. The highest BCUT2D eigenvalue weighted by atomic mass is 19.4. The second kappa shape index (κ2) is 9.93. The van der Waals surface area contributed by atoms with Crippen molar-refractivity contribution < 1.29 is 27.5 Å². The average Bonchev–Trinajstić information content (AvgIpc) is 3.48. The standard InChI is InChI=1S/C24H26F3N5O3/c1-3-18-11-20(24(25,26)27)32-21(29-18)12-19(30-32)17-9-10-31(13-17)22(33)15(2)28-23(34)35-14-16-7-5-4-6-8-16/h4-8,11-12,15,17H,3,9-10,13-14H2,1-2H3,(H,28,34)/t15-,17-/m0/s1. The molecule has 11 heteroatoms. The molecule has 2 atom stereocenters. The number of alkyl carbamates (subject to hydrolysis) is 1. The molecular weight excluding hydrogens is 463 g/mol. The van der Waals surface area contributed by atoms with E-state index in [-0.39, 0.29) is 30.6 Å². The predicted molar refractivity (Wildman–Crippen MR) is 121 cm³/mol. The number of benzene rings is 1. The molecule has 2 aromatic heterocycles. The zero-order valence-corrected chi connectivity index (χ0v) is 19.4.